The van der Waals surface area contributed by atoms with Crippen molar-refractivity contribution in [3.63, 3.8) is 0 Å². The number of nitrogens with zero attached hydrogens (tertiary/aromatic N) is 2. The van der Waals surface area contributed by atoms with Crippen LogP contribution in [-0.2, 0) is 10.0 Å². The lowest BCUT2D eigenvalue weighted by Gasteiger charge is -2.19. The number of hydrogen-bond donors (Lipinski definition) is 0. The number of para-hydroxylation sites is 1. The van der Waals surface area contributed by atoms with Gasteiger partial charge >= 0.3 is 5.97 Å². The van der Waals surface area contributed by atoms with E-state index in [0.717, 1.165) is 5.39 Å². The number of carbonyl (C=O) groups excluding carboxylic acids is 1. The van der Waals surface area contributed by atoms with Crippen LogP contribution in [0.5, 0.6) is 5.75 Å². The highest BCUT2D eigenvalue weighted by atomic mass is 35.5. The van der Waals surface area contributed by atoms with E-state index in [1.54, 1.807) is 38.2 Å². The maximum Gasteiger partial charge on any atom is 0.345 e. The van der Waals surface area contributed by atoms with Gasteiger partial charge in [0.1, 0.15) is 5.52 Å². The van der Waals surface area contributed by atoms with Crippen molar-refractivity contribution in [2.75, 3.05) is 13.1 Å². The van der Waals surface area contributed by atoms with Crippen LogP contribution < -0.4 is 4.74 Å². The van der Waals surface area contributed by atoms with E-state index in [4.69, 9.17) is 16.3 Å². The Balaban J connectivity index is 1.98. The van der Waals surface area contributed by atoms with Crippen molar-refractivity contribution in [2.24, 2.45) is 0 Å². The summed E-state index contributed by atoms with van der Waals surface area (Å²) in [5.74, 6) is -0.476. The van der Waals surface area contributed by atoms with Gasteiger partial charge in [-0.05, 0) is 30.3 Å². The standard InChI is InChI=1S/C20H19ClN2O4S/c1-3-23(4-2)28(25,26)15-10-11-17(21)16(13-15)20(24)27-18-9-5-7-14-8-6-12-22-19(14)18/h5-13H,3-4H2,1-2H3. The van der Waals surface area contributed by atoms with E-state index in [9.17, 15) is 13.2 Å². The van der Waals surface area contributed by atoms with Crippen LogP contribution in [0, 0.1) is 0 Å². The third-order valence-corrected chi connectivity index (χ3v) is 6.67. The van der Waals surface area contributed by atoms with Gasteiger partial charge in [0.15, 0.2) is 5.75 Å². The Morgan fingerprint density at radius 1 is 1.11 bits per heavy atom. The molecule has 3 rings (SSSR count). The second-order valence-corrected chi connectivity index (χ2v) is 8.30. The largest absolute Gasteiger partial charge is 0.421 e. The molecule has 0 aliphatic heterocycles. The van der Waals surface area contributed by atoms with Crippen molar-refractivity contribution >= 4 is 38.5 Å². The van der Waals surface area contributed by atoms with Gasteiger partial charge in [-0.1, -0.05) is 43.6 Å². The summed E-state index contributed by atoms with van der Waals surface area (Å²) in [4.78, 5) is 17.0. The molecule has 0 aliphatic rings. The minimum atomic E-state index is -3.73. The fourth-order valence-corrected chi connectivity index (χ4v) is 4.53. The molecule has 0 spiro atoms. The molecule has 0 amide bonds. The molecule has 0 aliphatic carbocycles. The highest BCUT2D eigenvalue weighted by molar-refractivity contribution is 7.89. The van der Waals surface area contributed by atoms with Crippen molar-refractivity contribution < 1.29 is 17.9 Å². The number of benzene rings is 2. The predicted octanol–water partition coefficient (Wildman–Crippen LogP) is 4.14. The molecule has 146 valence electrons. The Hall–Kier alpha value is -2.48. The van der Waals surface area contributed by atoms with Crippen molar-refractivity contribution in [1.29, 1.82) is 0 Å². The summed E-state index contributed by atoms with van der Waals surface area (Å²) < 4.78 is 32.3. The molecule has 3 aromatic rings. The Kier molecular flexibility index (Phi) is 5.98. The number of aromatic nitrogens is 1. The highest BCUT2D eigenvalue weighted by Gasteiger charge is 2.24. The van der Waals surface area contributed by atoms with Crippen molar-refractivity contribution in [2.45, 2.75) is 18.7 Å². The van der Waals surface area contributed by atoms with Crippen LogP contribution >= 0.6 is 11.6 Å². The Morgan fingerprint density at radius 3 is 2.54 bits per heavy atom. The number of carbonyl (C=O) groups is 1. The maximum absolute atomic E-state index is 12.7. The fraction of sp³-hybridized carbons (Fsp3) is 0.200. The van der Waals surface area contributed by atoms with Gasteiger partial charge in [-0.25, -0.2) is 13.2 Å². The minimum absolute atomic E-state index is 0.0106. The number of sulfonamides is 1. The molecular weight excluding hydrogens is 400 g/mol. The number of fused-ring (bicyclic) bond motifs is 1. The second-order valence-electron chi connectivity index (χ2n) is 5.95. The normalized spacial score (nSPS) is 11.7. The summed E-state index contributed by atoms with van der Waals surface area (Å²) in [7, 11) is -3.73. The van der Waals surface area contributed by atoms with Crippen LogP contribution in [0.1, 0.15) is 24.2 Å². The van der Waals surface area contributed by atoms with Crippen molar-refractivity contribution in [1.82, 2.24) is 9.29 Å². The van der Waals surface area contributed by atoms with E-state index in [2.05, 4.69) is 4.98 Å². The number of esters is 1. The van der Waals surface area contributed by atoms with Gasteiger partial charge in [-0.3, -0.25) is 4.98 Å². The molecule has 6 nitrogen and oxygen atoms in total. The molecule has 2 aromatic carbocycles. The van der Waals surface area contributed by atoms with Gasteiger partial charge in [0, 0.05) is 24.7 Å². The number of rotatable bonds is 6. The van der Waals surface area contributed by atoms with E-state index in [-0.39, 0.29) is 21.2 Å². The summed E-state index contributed by atoms with van der Waals surface area (Å²) in [6.07, 6.45) is 1.60. The maximum atomic E-state index is 12.7. The van der Waals surface area contributed by atoms with Gasteiger partial charge in [0.05, 0.1) is 15.5 Å². The lowest BCUT2D eigenvalue weighted by Crippen LogP contribution is -2.30. The third kappa shape index (κ3) is 3.87. The molecule has 0 saturated carbocycles. The molecule has 0 fully saturated rings. The van der Waals surface area contributed by atoms with Gasteiger partial charge in [-0.2, -0.15) is 4.31 Å². The fourth-order valence-electron chi connectivity index (χ4n) is 2.85. The van der Waals surface area contributed by atoms with Crippen molar-refractivity contribution in [3.8, 4) is 5.75 Å². The SMILES string of the molecule is CCN(CC)S(=O)(=O)c1ccc(Cl)c(C(=O)Oc2cccc3cccnc23)c1. The topological polar surface area (TPSA) is 76.6 Å². The lowest BCUT2D eigenvalue weighted by molar-refractivity contribution is 0.0736. The van der Waals surface area contributed by atoms with Gasteiger partial charge in [-0.15, -0.1) is 0 Å². The Bertz CT molecular complexity index is 1120. The van der Waals surface area contributed by atoms with Crippen molar-refractivity contribution in [3.05, 3.63) is 65.3 Å². The average molecular weight is 419 g/mol. The molecule has 0 radical (unpaired) electrons. The molecule has 0 unspecified atom stereocenters. The zero-order valence-corrected chi connectivity index (χ0v) is 17.0. The predicted molar refractivity (Wildman–Crippen MR) is 108 cm³/mol. The van der Waals surface area contributed by atoms with Crippen LogP contribution in [0.15, 0.2) is 59.6 Å². The van der Waals surface area contributed by atoms with Gasteiger partial charge in [0.2, 0.25) is 10.0 Å². The van der Waals surface area contributed by atoms with E-state index in [0.29, 0.717) is 18.6 Å². The lowest BCUT2D eigenvalue weighted by atomic mass is 10.2. The number of hydrogen-bond acceptors (Lipinski definition) is 5. The number of ether oxygens (including phenoxy) is 1. The summed E-state index contributed by atoms with van der Waals surface area (Å²) in [6, 6.07) is 12.9. The molecule has 0 N–H and O–H groups in total. The smallest absolute Gasteiger partial charge is 0.345 e. The first kappa shape index (κ1) is 20.3. The average Bonchev–Trinajstić information content (AvgIpc) is 2.69. The summed E-state index contributed by atoms with van der Waals surface area (Å²) >= 11 is 6.15. The molecule has 1 heterocycles. The van der Waals surface area contributed by atoms with E-state index < -0.39 is 16.0 Å². The zero-order chi connectivity index (χ0) is 20.3. The molecule has 0 bridgehead atoms. The minimum Gasteiger partial charge on any atom is -0.421 e. The van der Waals surface area contributed by atoms with Crippen LogP contribution in [0.25, 0.3) is 10.9 Å². The van der Waals surface area contributed by atoms with Crippen LogP contribution in [-0.4, -0.2) is 36.8 Å². The van der Waals surface area contributed by atoms with E-state index >= 15 is 0 Å². The van der Waals surface area contributed by atoms with Gasteiger partial charge < -0.3 is 4.74 Å². The molecule has 0 atom stereocenters. The van der Waals surface area contributed by atoms with E-state index in [1.165, 1.54) is 22.5 Å². The Labute approximate surface area is 168 Å². The first-order chi connectivity index (χ1) is 13.4. The van der Waals surface area contributed by atoms with Crippen LogP contribution in [0.4, 0.5) is 0 Å². The molecular formula is C20H19ClN2O4S. The first-order valence-electron chi connectivity index (χ1n) is 8.74. The summed E-state index contributed by atoms with van der Waals surface area (Å²) in [5, 5.41) is 0.924. The molecule has 28 heavy (non-hydrogen) atoms. The van der Waals surface area contributed by atoms with E-state index in [1.807, 2.05) is 12.1 Å². The first-order valence-corrected chi connectivity index (χ1v) is 10.6. The molecule has 8 heteroatoms. The highest BCUT2D eigenvalue weighted by Crippen LogP contribution is 2.27. The van der Waals surface area contributed by atoms with Crippen LogP contribution in [0.3, 0.4) is 0 Å². The zero-order valence-electron chi connectivity index (χ0n) is 15.4. The number of pyridine rings is 1. The third-order valence-electron chi connectivity index (χ3n) is 4.30. The molecule has 0 saturated heterocycles. The summed E-state index contributed by atoms with van der Waals surface area (Å²) in [5.41, 5.74) is 0.504. The van der Waals surface area contributed by atoms with Crippen LogP contribution in [0.2, 0.25) is 5.02 Å². The molecule has 1 aromatic heterocycles. The summed E-state index contributed by atoms with van der Waals surface area (Å²) in [6.45, 7) is 4.14. The second kappa shape index (κ2) is 8.26. The van der Waals surface area contributed by atoms with Gasteiger partial charge in [0.25, 0.3) is 0 Å². The monoisotopic (exact) mass is 418 g/mol. The quantitative estimate of drug-likeness (QED) is 0.444. The Morgan fingerprint density at radius 2 is 1.82 bits per heavy atom. The number of halogens is 1.